The molecule has 1 aromatic carbocycles. The van der Waals surface area contributed by atoms with Gasteiger partial charge in [-0.05, 0) is 37.5 Å². The van der Waals surface area contributed by atoms with Gasteiger partial charge in [0, 0.05) is 0 Å². The molecule has 2 rings (SSSR count). The Morgan fingerprint density at radius 2 is 2.12 bits per heavy atom. The van der Waals surface area contributed by atoms with Crippen LogP contribution in [-0.4, -0.2) is 19.6 Å². The molecule has 0 heterocycles. The van der Waals surface area contributed by atoms with Crippen molar-refractivity contribution in [2.45, 2.75) is 25.2 Å². The molecule has 0 bridgehead atoms. The van der Waals surface area contributed by atoms with Crippen molar-refractivity contribution < 1.29 is 17.0 Å². The van der Waals surface area contributed by atoms with Crippen LogP contribution in [-0.2, 0) is 14.9 Å². The smallest absolute Gasteiger partial charge is 0.316 e. The molecule has 1 fully saturated rings. The topological polar surface area (TPSA) is 35.5 Å². The third-order valence-electron chi connectivity index (χ3n) is 2.96. The number of esters is 1. The van der Waals surface area contributed by atoms with Crippen LogP contribution in [0.3, 0.4) is 0 Å². The summed E-state index contributed by atoms with van der Waals surface area (Å²) in [6.07, 6.45) is 1.62. The SMILES string of the molecule is [2H]C([2H])Oc1ccc(C2(C(=O)OCC)CC2)cc1. The molecule has 86 valence electrons. The molecule has 1 aromatic rings. The van der Waals surface area contributed by atoms with Gasteiger partial charge in [-0.25, -0.2) is 0 Å². The Morgan fingerprint density at radius 1 is 1.44 bits per heavy atom. The summed E-state index contributed by atoms with van der Waals surface area (Å²) in [4.78, 5) is 11.9. The lowest BCUT2D eigenvalue weighted by Gasteiger charge is -2.14. The fraction of sp³-hybridized carbons (Fsp3) is 0.462. The van der Waals surface area contributed by atoms with Gasteiger partial charge >= 0.3 is 5.97 Å². The first-order chi connectivity index (χ1) is 8.58. The molecular formula is C13H16O3. The average Bonchev–Trinajstić information content (AvgIpc) is 3.11. The Kier molecular flexibility index (Phi) is 2.24. The van der Waals surface area contributed by atoms with Crippen LogP contribution in [0.15, 0.2) is 24.3 Å². The molecule has 3 nitrogen and oxygen atoms in total. The minimum atomic E-state index is -1.34. The zero-order valence-corrected chi connectivity index (χ0v) is 9.23. The van der Waals surface area contributed by atoms with Gasteiger partial charge in [0.2, 0.25) is 0 Å². The van der Waals surface area contributed by atoms with Gasteiger partial charge in [0.15, 0.2) is 0 Å². The fourth-order valence-electron chi connectivity index (χ4n) is 1.86. The van der Waals surface area contributed by atoms with E-state index in [2.05, 4.69) is 0 Å². The van der Waals surface area contributed by atoms with Crippen molar-refractivity contribution in [2.24, 2.45) is 0 Å². The largest absolute Gasteiger partial charge is 0.497 e. The van der Waals surface area contributed by atoms with Gasteiger partial charge in [-0.1, -0.05) is 12.1 Å². The second kappa shape index (κ2) is 4.16. The molecule has 0 aliphatic heterocycles. The van der Waals surface area contributed by atoms with Gasteiger partial charge in [-0.3, -0.25) is 4.79 Å². The van der Waals surface area contributed by atoms with Crippen LogP contribution in [0.5, 0.6) is 5.75 Å². The van der Waals surface area contributed by atoms with Crippen LogP contribution >= 0.6 is 0 Å². The van der Waals surface area contributed by atoms with Crippen LogP contribution in [0.1, 0.15) is 28.1 Å². The van der Waals surface area contributed by atoms with Crippen molar-refractivity contribution in [1.82, 2.24) is 0 Å². The van der Waals surface area contributed by atoms with Gasteiger partial charge in [0.1, 0.15) is 5.75 Å². The van der Waals surface area contributed by atoms with Gasteiger partial charge in [0.05, 0.1) is 21.8 Å². The summed E-state index contributed by atoms with van der Waals surface area (Å²) >= 11 is 0. The average molecular weight is 222 g/mol. The Bertz CT molecular complexity index is 424. The number of hydrogen-bond acceptors (Lipinski definition) is 3. The Hall–Kier alpha value is -1.51. The maximum Gasteiger partial charge on any atom is 0.316 e. The highest BCUT2D eigenvalue weighted by Crippen LogP contribution is 2.49. The van der Waals surface area contributed by atoms with E-state index < -0.39 is 12.5 Å². The van der Waals surface area contributed by atoms with Crippen LogP contribution in [0.25, 0.3) is 0 Å². The molecule has 0 unspecified atom stereocenters. The molecule has 0 spiro atoms. The highest BCUT2D eigenvalue weighted by Gasteiger charge is 2.52. The van der Waals surface area contributed by atoms with Crippen molar-refractivity contribution in [1.29, 1.82) is 0 Å². The minimum absolute atomic E-state index is 0.169. The van der Waals surface area contributed by atoms with Crippen molar-refractivity contribution in [2.75, 3.05) is 13.7 Å². The first kappa shape index (κ1) is 8.62. The minimum Gasteiger partial charge on any atom is -0.497 e. The maximum atomic E-state index is 11.9. The van der Waals surface area contributed by atoms with Crippen molar-refractivity contribution in [3.05, 3.63) is 29.8 Å². The number of rotatable bonds is 4. The number of hydrogen-bond donors (Lipinski definition) is 0. The third kappa shape index (κ3) is 1.77. The number of ether oxygens (including phenoxy) is 2. The molecule has 0 atom stereocenters. The second-order valence-corrected chi connectivity index (χ2v) is 3.94. The van der Waals surface area contributed by atoms with E-state index in [4.69, 9.17) is 12.2 Å². The van der Waals surface area contributed by atoms with Gasteiger partial charge in [-0.2, -0.15) is 0 Å². The van der Waals surface area contributed by atoms with E-state index >= 15 is 0 Å². The predicted octanol–water partition coefficient (Wildman–Crippen LogP) is 2.29. The van der Waals surface area contributed by atoms with Gasteiger partial charge in [0.25, 0.3) is 0 Å². The molecular weight excluding hydrogens is 204 g/mol. The van der Waals surface area contributed by atoms with E-state index in [0.717, 1.165) is 18.4 Å². The summed E-state index contributed by atoms with van der Waals surface area (Å²) in [7, 11) is -1.34. The molecule has 16 heavy (non-hydrogen) atoms. The molecule has 0 N–H and O–H groups in total. The third-order valence-corrected chi connectivity index (χ3v) is 2.96. The second-order valence-electron chi connectivity index (χ2n) is 3.94. The number of methoxy groups -OCH3 is 1. The first-order valence-corrected chi connectivity index (χ1v) is 5.37. The normalized spacial score (nSPS) is 18.6. The standard InChI is InChI=1S/C13H16O3/c1-3-16-12(14)13(8-9-13)10-4-6-11(15-2)7-5-10/h4-7H,3,8-9H2,1-2H3/i2D2. The zero-order chi connectivity index (χ0) is 13.2. The molecule has 3 heteroatoms. The van der Waals surface area contributed by atoms with E-state index in [-0.39, 0.29) is 5.97 Å². The Morgan fingerprint density at radius 3 is 2.62 bits per heavy atom. The summed E-state index contributed by atoms with van der Waals surface area (Å²) in [5.41, 5.74) is 0.440. The first-order valence-electron chi connectivity index (χ1n) is 6.53. The maximum absolute atomic E-state index is 11.9. The molecule has 0 saturated heterocycles. The van der Waals surface area contributed by atoms with Crippen LogP contribution < -0.4 is 4.74 Å². The van der Waals surface area contributed by atoms with Crippen LogP contribution in [0.2, 0.25) is 0 Å². The van der Waals surface area contributed by atoms with Crippen molar-refractivity contribution >= 4 is 5.97 Å². The lowest BCUT2D eigenvalue weighted by Crippen LogP contribution is -2.23. The van der Waals surface area contributed by atoms with Crippen molar-refractivity contribution in [3.8, 4) is 5.75 Å². The predicted molar refractivity (Wildman–Crippen MR) is 60.5 cm³/mol. The van der Waals surface area contributed by atoms with E-state index in [9.17, 15) is 4.79 Å². The number of carbonyl (C=O) groups is 1. The monoisotopic (exact) mass is 222 g/mol. The Balaban J connectivity index is 2.12. The summed E-state index contributed by atoms with van der Waals surface area (Å²) in [5, 5.41) is 0. The summed E-state index contributed by atoms with van der Waals surface area (Å²) in [5.74, 6) is 0.297. The highest BCUT2D eigenvalue weighted by molar-refractivity contribution is 5.86. The Labute approximate surface area is 98.2 Å². The summed E-state index contributed by atoms with van der Waals surface area (Å²) < 4.78 is 24.0. The van der Waals surface area contributed by atoms with Crippen molar-refractivity contribution in [3.63, 3.8) is 0 Å². The summed E-state index contributed by atoms with van der Waals surface area (Å²) in [6, 6.07) is 6.98. The molecule has 0 aromatic heterocycles. The van der Waals surface area contributed by atoms with E-state index in [1.54, 1.807) is 19.1 Å². The lowest BCUT2D eigenvalue weighted by atomic mass is 9.96. The lowest BCUT2D eigenvalue weighted by molar-refractivity contribution is -0.146. The molecule has 0 radical (unpaired) electrons. The zero-order valence-electron chi connectivity index (χ0n) is 11.2. The van der Waals surface area contributed by atoms with Crippen LogP contribution in [0.4, 0.5) is 0 Å². The highest BCUT2D eigenvalue weighted by atomic mass is 16.5. The fourth-order valence-corrected chi connectivity index (χ4v) is 1.86. The quantitative estimate of drug-likeness (QED) is 0.733. The molecule has 1 saturated carbocycles. The van der Waals surface area contributed by atoms with Gasteiger partial charge < -0.3 is 9.47 Å². The summed E-state index contributed by atoms with van der Waals surface area (Å²) in [6.45, 7) is 2.19. The van der Waals surface area contributed by atoms with Crippen LogP contribution in [0, 0.1) is 0 Å². The van der Waals surface area contributed by atoms with E-state index in [0.29, 0.717) is 12.4 Å². The molecule has 1 aliphatic carbocycles. The number of carbonyl (C=O) groups excluding carboxylic acids is 1. The number of benzene rings is 1. The van der Waals surface area contributed by atoms with E-state index in [1.807, 2.05) is 12.1 Å². The molecule has 0 amide bonds. The molecule has 1 aliphatic rings. The van der Waals surface area contributed by atoms with Gasteiger partial charge in [-0.15, -0.1) is 0 Å². The van der Waals surface area contributed by atoms with E-state index in [1.165, 1.54) is 0 Å².